The molecule has 1 atom stereocenters. The highest BCUT2D eigenvalue weighted by atomic mass is 16.5. The fourth-order valence-corrected chi connectivity index (χ4v) is 4.48. The van der Waals surface area contributed by atoms with Gasteiger partial charge in [-0.3, -0.25) is 9.78 Å². The van der Waals surface area contributed by atoms with E-state index in [4.69, 9.17) is 4.74 Å². The number of hydrogen-bond donors (Lipinski definition) is 1. The van der Waals surface area contributed by atoms with Gasteiger partial charge < -0.3 is 15.0 Å². The smallest absolute Gasteiger partial charge is 0.256 e. The Labute approximate surface area is 194 Å². The quantitative estimate of drug-likeness (QED) is 0.460. The highest BCUT2D eigenvalue weighted by Crippen LogP contribution is 2.25. The van der Waals surface area contributed by atoms with Gasteiger partial charge in [0, 0.05) is 42.5 Å². The number of aromatic nitrogens is 1. The van der Waals surface area contributed by atoms with E-state index in [1.165, 1.54) is 16.3 Å². The molecule has 0 aliphatic carbocycles. The zero-order chi connectivity index (χ0) is 22.5. The predicted octanol–water partition coefficient (Wildman–Crippen LogP) is 5.31. The van der Waals surface area contributed by atoms with Crippen molar-refractivity contribution in [1.29, 1.82) is 0 Å². The Hall–Kier alpha value is -3.70. The third kappa shape index (κ3) is 4.89. The van der Waals surface area contributed by atoms with Gasteiger partial charge in [-0.1, -0.05) is 48.5 Å². The Morgan fingerprint density at radius 1 is 1.00 bits per heavy atom. The maximum absolute atomic E-state index is 13.6. The molecule has 1 fully saturated rings. The summed E-state index contributed by atoms with van der Waals surface area (Å²) in [4.78, 5) is 19.8. The summed E-state index contributed by atoms with van der Waals surface area (Å²) in [6.45, 7) is 2.44. The molecule has 2 heterocycles. The van der Waals surface area contributed by atoms with Crippen molar-refractivity contribution >= 4 is 28.1 Å². The number of hydrogen-bond acceptors (Lipinski definition) is 4. The topological polar surface area (TPSA) is 54.5 Å². The van der Waals surface area contributed by atoms with Crippen molar-refractivity contribution in [2.45, 2.75) is 6.42 Å². The van der Waals surface area contributed by atoms with E-state index < -0.39 is 0 Å². The molecule has 0 bridgehead atoms. The summed E-state index contributed by atoms with van der Waals surface area (Å²) in [5.74, 6) is 0.251. The molecule has 1 amide bonds. The van der Waals surface area contributed by atoms with Gasteiger partial charge in [-0.05, 0) is 47.7 Å². The van der Waals surface area contributed by atoms with Gasteiger partial charge in [-0.2, -0.15) is 0 Å². The summed E-state index contributed by atoms with van der Waals surface area (Å²) in [6.07, 6.45) is 4.59. The van der Waals surface area contributed by atoms with Crippen LogP contribution < -0.4 is 5.32 Å². The second-order valence-corrected chi connectivity index (χ2v) is 8.45. The highest BCUT2D eigenvalue weighted by molar-refractivity contribution is 6.00. The molecular weight excluding hydrogens is 410 g/mol. The van der Waals surface area contributed by atoms with Gasteiger partial charge in [-0.15, -0.1) is 0 Å². The van der Waals surface area contributed by atoms with Crippen molar-refractivity contribution in [3.8, 4) is 0 Å². The average Bonchev–Trinajstić information content (AvgIpc) is 3.10. The first kappa shape index (κ1) is 21.2. The summed E-state index contributed by atoms with van der Waals surface area (Å²) in [6, 6.07) is 26.0. The van der Waals surface area contributed by atoms with Gasteiger partial charge in [0.2, 0.25) is 0 Å². The van der Waals surface area contributed by atoms with Gasteiger partial charge >= 0.3 is 0 Å². The maximum Gasteiger partial charge on any atom is 0.256 e. The molecule has 33 heavy (non-hydrogen) atoms. The number of carbonyl (C=O) groups is 1. The Morgan fingerprint density at radius 3 is 2.76 bits per heavy atom. The number of anilines is 2. The number of rotatable bonds is 5. The van der Waals surface area contributed by atoms with Crippen molar-refractivity contribution in [3.63, 3.8) is 0 Å². The summed E-state index contributed by atoms with van der Waals surface area (Å²) in [5, 5.41) is 5.75. The first-order chi connectivity index (χ1) is 16.3. The lowest BCUT2D eigenvalue weighted by Gasteiger charge is -2.25. The molecule has 1 N–H and O–H groups in total. The molecule has 1 unspecified atom stereocenters. The van der Waals surface area contributed by atoms with E-state index in [1.807, 2.05) is 78.0 Å². The van der Waals surface area contributed by atoms with Crippen molar-refractivity contribution in [1.82, 2.24) is 9.88 Å². The van der Waals surface area contributed by atoms with Crippen LogP contribution in [0.3, 0.4) is 0 Å². The molecule has 0 spiro atoms. The third-order valence-electron chi connectivity index (χ3n) is 6.12. The largest absolute Gasteiger partial charge is 0.379 e. The van der Waals surface area contributed by atoms with E-state index in [0.717, 1.165) is 17.8 Å². The van der Waals surface area contributed by atoms with E-state index in [1.54, 1.807) is 0 Å². The van der Waals surface area contributed by atoms with Gasteiger partial charge in [0.15, 0.2) is 0 Å². The molecule has 166 valence electrons. The number of nitrogens with zero attached hydrogens (tertiary/aromatic N) is 2. The Morgan fingerprint density at radius 2 is 1.85 bits per heavy atom. The van der Waals surface area contributed by atoms with E-state index in [9.17, 15) is 4.79 Å². The van der Waals surface area contributed by atoms with Gasteiger partial charge in [0.1, 0.15) is 0 Å². The number of para-hydroxylation sites is 2. The van der Waals surface area contributed by atoms with Crippen LogP contribution in [0.25, 0.3) is 10.8 Å². The summed E-state index contributed by atoms with van der Waals surface area (Å²) in [7, 11) is 0. The number of amides is 1. The second-order valence-electron chi connectivity index (χ2n) is 8.45. The summed E-state index contributed by atoms with van der Waals surface area (Å²) in [5.41, 5.74) is 3.70. The van der Waals surface area contributed by atoms with Crippen LogP contribution in [0.1, 0.15) is 15.9 Å². The minimum Gasteiger partial charge on any atom is -0.379 e. The molecule has 0 saturated carbocycles. The van der Waals surface area contributed by atoms with E-state index in [-0.39, 0.29) is 11.8 Å². The zero-order valence-electron chi connectivity index (χ0n) is 18.5. The number of nitrogens with one attached hydrogen (secondary N) is 1. The molecule has 5 rings (SSSR count). The standard InChI is InChI=1S/C28H27N3O2/c32-28(25-11-4-5-12-27(25)30-24-9-2-1-3-10-24)31-15-16-33-20-21(19-31)17-23-8-6-7-22-13-14-29-18-26(22)23/h1-14,18,21,30H,15-17,19-20H2. The number of benzene rings is 3. The van der Waals surface area contributed by atoms with Crippen LogP contribution in [0.15, 0.2) is 91.3 Å². The fraction of sp³-hybridized carbons (Fsp3) is 0.214. The van der Waals surface area contributed by atoms with Gasteiger partial charge in [-0.25, -0.2) is 0 Å². The highest BCUT2D eigenvalue weighted by Gasteiger charge is 2.25. The summed E-state index contributed by atoms with van der Waals surface area (Å²) < 4.78 is 5.91. The normalized spacial score (nSPS) is 16.4. The number of pyridine rings is 1. The van der Waals surface area contributed by atoms with Gasteiger partial charge in [0.05, 0.1) is 24.5 Å². The van der Waals surface area contributed by atoms with Crippen molar-refractivity contribution < 1.29 is 9.53 Å². The molecule has 1 aliphatic rings. The number of ether oxygens (including phenoxy) is 1. The van der Waals surface area contributed by atoms with Crippen LogP contribution >= 0.6 is 0 Å². The Balaban J connectivity index is 1.36. The lowest BCUT2D eigenvalue weighted by Crippen LogP contribution is -2.36. The summed E-state index contributed by atoms with van der Waals surface area (Å²) >= 11 is 0. The van der Waals surface area contributed by atoms with Crippen LogP contribution in [-0.4, -0.2) is 42.1 Å². The Bertz CT molecular complexity index is 1240. The van der Waals surface area contributed by atoms with E-state index in [2.05, 4.69) is 28.5 Å². The monoisotopic (exact) mass is 437 g/mol. The lowest BCUT2D eigenvalue weighted by molar-refractivity contribution is 0.0738. The average molecular weight is 438 g/mol. The minimum absolute atomic E-state index is 0.0316. The molecule has 5 heteroatoms. The molecule has 1 saturated heterocycles. The second kappa shape index (κ2) is 9.84. The van der Waals surface area contributed by atoms with Crippen LogP contribution in [0.4, 0.5) is 11.4 Å². The Kier molecular flexibility index (Phi) is 6.31. The molecule has 4 aromatic rings. The van der Waals surface area contributed by atoms with Crippen LogP contribution in [0.2, 0.25) is 0 Å². The van der Waals surface area contributed by atoms with Crippen molar-refractivity contribution in [3.05, 3.63) is 102 Å². The molecule has 1 aliphatic heterocycles. The number of fused-ring (bicyclic) bond motifs is 1. The van der Waals surface area contributed by atoms with Crippen LogP contribution in [-0.2, 0) is 11.2 Å². The van der Waals surface area contributed by atoms with E-state index >= 15 is 0 Å². The maximum atomic E-state index is 13.6. The first-order valence-electron chi connectivity index (χ1n) is 11.4. The van der Waals surface area contributed by atoms with E-state index in [0.29, 0.717) is 31.9 Å². The van der Waals surface area contributed by atoms with Crippen molar-refractivity contribution in [2.75, 3.05) is 31.6 Å². The third-order valence-corrected chi connectivity index (χ3v) is 6.12. The molecular formula is C28H27N3O2. The fourth-order valence-electron chi connectivity index (χ4n) is 4.48. The zero-order valence-corrected chi connectivity index (χ0v) is 18.5. The molecule has 0 radical (unpaired) electrons. The molecule has 3 aromatic carbocycles. The predicted molar refractivity (Wildman–Crippen MR) is 132 cm³/mol. The van der Waals surface area contributed by atoms with Crippen LogP contribution in [0.5, 0.6) is 0 Å². The lowest BCUT2D eigenvalue weighted by atomic mass is 9.95. The number of carbonyl (C=O) groups excluding carboxylic acids is 1. The molecule has 1 aromatic heterocycles. The van der Waals surface area contributed by atoms with Crippen molar-refractivity contribution in [2.24, 2.45) is 5.92 Å². The van der Waals surface area contributed by atoms with Gasteiger partial charge in [0.25, 0.3) is 5.91 Å². The first-order valence-corrected chi connectivity index (χ1v) is 11.4. The SMILES string of the molecule is O=C(c1ccccc1Nc1ccccc1)N1CCOCC(Cc2cccc3ccncc23)C1. The minimum atomic E-state index is 0.0316. The molecule has 5 nitrogen and oxygen atoms in total. The van der Waals surface area contributed by atoms with Crippen LogP contribution in [0, 0.1) is 5.92 Å².